The van der Waals surface area contributed by atoms with Gasteiger partial charge in [-0.2, -0.15) is 0 Å². The predicted octanol–water partition coefficient (Wildman–Crippen LogP) is 8.37. The van der Waals surface area contributed by atoms with Crippen LogP contribution in [-0.4, -0.2) is 6.04 Å². The number of para-hydroxylation sites is 1. The molecule has 0 amide bonds. The minimum Gasteiger partial charge on any atom is -0.356 e. The third kappa shape index (κ3) is 3.09. The van der Waals surface area contributed by atoms with Crippen LogP contribution in [0.1, 0.15) is 49.3 Å². The van der Waals surface area contributed by atoms with Crippen molar-refractivity contribution in [3.05, 3.63) is 126 Å². The second-order valence-electron chi connectivity index (χ2n) is 10.6. The molecule has 0 fully saturated rings. The molecule has 1 heterocycles. The number of allylic oxidation sites excluding steroid dienone is 5. The first-order chi connectivity index (χ1) is 17.1. The van der Waals surface area contributed by atoms with E-state index in [9.17, 15) is 0 Å². The maximum absolute atomic E-state index is 3.63. The molecule has 0 saturated heterocycles. The van der Waals surface area contributed by atoms with E-state index in [2.05, 4.69) is 127 Å². The Morgan fingerprint density at radius 2 is 1.66 bits per heavy atom. The first-order valence-corrected chi connectivity index (χ1v) is 12.8. The van der Waals surface area contributed by atoms with Crippen LogP contribution in [-0.2, 0) is 5.41 Å². The molecule has 0 radical (unpaired) electrons. The van der Waals surface area contributed by atoms with Crippen LogP contribution in [0.15, 0.2) is 109 Å². The van der Waals surface area contributed by atoms with Crippen molar-refractivity contribution in [3.63, 3.8) is 0 Å². The molecule has 1 N–H and O–H groups in total. The van der Waals surface area contributed by atoms with E-state index in [0.29, 0.717) is 12.0 Å². The molecule has 2 heteroatoms. The Morgan fingerprint density at radius 3 is 2.51 bits per heavy atom. The van der Waals surface area contributed by atoms with E-state index >= 15 is 0 Å². The molecule has 0 aromatic heterocycles. The molecule has 2 nitrogen and oxygen atoms in total. The van der Waals surface area contributed by atoms with Crippen LogP contribution in [0.4, 0.5) is 17.1 Å². The molecular formula is C33H30N2. The summed E-state index contributed by atoms with van der Waals surface area (Å²) in [5.74, 6) is 0.409. The maximum Gasteiger partial charge on any atom is 0.0629 e. The van der Waals surface area contributed by atoms with Crippen molar-refractivity contribution in [2.24, 2.45) is 0 Å². The first kappa shape index (κ1) is 20.6. The van der Waals surface area contributed by atoms with E-state index in [1.165, 1.54) is 44.9 Å². The number of nitrogens with zero attached hydrogens (tertiary/aromatic N) is 1. The monoisotopic (exact) mass is 454 g/mol. The average Bonchev–Trinajstić information content (AvgIpc) is 3.34. The highest BCUT2D eigenvalue weighted by molar-refractivity contribution is 5.86. The van der Waals surface area contributed by atoms with Gasteiger partial charge in [-0.3, -0.25) is 0 Å². The minimum atomic E-state index is -0.0594. The predicted molar refractivity (Wildman–Crippen MR) is 147 cm³/mol. The number of rotatable bonds is 3. The van der Waals surface area contributed by atoms with Gasteiger partial charge in [0.2, 0.25) is 0 Å². The van der Waals surface area contributed by atoms with Gasteiger partial charge in [-0.25, -0.2) is 0 Å². The van der Waals surface area contributed by atoms with Crippen LogP contribution in [0.3, 0.4) is 0 Å². The molecule has 3 aliphatic carbocycles. The van der Waals surface area contributed by atoms with Crippen LogP contribution < -0.4 is 10.2 Å². The summed E-state index contributed by atoms with van der Waals surface area (Å²) < 4.78 is 0. The van der Waals surface area contributed by atoms with Gasteiger partial charge in [0.25, 0.3) is 0 Å². The molecular weight excluding hydrogens is 424 g/mol. The summed E-state index contributed by atoms with van der Waals surface area (Å²) in [5.41, 5.74) is 11.9. The highest BCUT2D eigenvalue weighted by Gasteiger charge is 2.40. The van der Waals surface area contributed by atoms with Crippen molar-refractivity contribution < 1.29 is 0 Å². The van der Waals surface area contributed by atoms with Gasteiger partial charge >= 0.3 is 0 Å². The van der Waals surface area contributed by atoms with E-state index in [0.717, 1.165) is 18.5 Å². The van der Waals surface area contributed by atoms with Gasteiger partial charge in [0.05, 0.1) is 6.04 Å². The lowest BCUT2D eigenvalue weighted by Crippen LogP contribution is -2.28. The highest BCUT2D eigenvalue weighted by atomic mass is 15.2. The second-order valence-corrected chi connectivity index (χ2v) is 10.6. The lowest BCUT2D eigenvalue weighted by molar-refractivity contribution is 0.659. The van der Waals surface area contributed by atoms with Gasteiger partial charge in [0.15, 0.2) is 0 Å². The fourth-order valence-corrected chi connectivity index (χ4v) is 6.42. The smallest absolute Gasteiger partial charge is 0.0629 e. The number of hydrogen-bond donors (Lipinski definition) is 1. The zero-order chi connectivity index (χ0) is 23.6. The lowest BCUT2D eigenvalue weighted by atomic mass is 9.82. The zero-order valence-electron chi connectivity index (χ0n) is 20.3. The lowest BCUT2D eigenvalue weighted by Gasteiger charge is -2.30. The topological polar surface area (TPSA) is 15.3 Å². The molecule has 2 unspecified atom stereocenters. The van der Waals surface area contributed by atoms with Crippen molar-refractivity contribution in [2.45, 2.75) is 44.1 Å². The summed E-state index contributed by atoms with van der Waals surface area (Å²) in [6.07, 6.45) is 18.1. The highest BCUT2D eigenvalue weighted by Crippen LogP contribution is 2.53. The Hall–Kier alpha value is -3.78. The number of fused-ring (bicyclic) bond motifs is 6. The third-order valence-corrected chi connectivity index (χ3v) is 8.18. The van der Waals surface area contributed by atoms with Crippen LogP contribution in [0.2, 0.25) is 0 Å². The largest absolute Gasteiger partial charge is 0.356 e. The van der Waals surface area contributed by atoms with Crippen LogP contribution in [0.25, 0.3) is 11.1 Å². The fourth-order valence-electron chi connectivity index (χ4n) is 6.42. The molecule has 3 aromatic carbocycles. The van der Waals surface area contributed by atoms with Gasteiger partial charge in [0, 0.05) is 34.1 Å². The Morgan fingerprint density at radius 1 is 0.857 bits per heavy atom. The van der Waals surface area contributed by atoms with Crippen molar-refractivity contribution in [2.75, 3.05) is 10.2 Å². The normalized spacial score (nSPS) is 22.3. The summed E-state index contributed by atoms with van der Waals surface area (Å²) in [5, 5.41) is 3.63. The van der Waals surface area contributed by atoms with E-state index in [4.69, 9.17) is 0 Å². The first-order valence-electron chi connectivity index (χ1n) is 12.8. The number of hydrogen-bond acceptors (Lipinski definition) is 2. The summed E-state index contributed by atoms with van der Waals surface area (Å²) in [4.78, 5) is 2.54. The second kappa shape index (κ2) is 7.61. The molecule has 7 rings (SSSR count). The molecule has 1 aliphatic heterocycles. The Balaban J connectivity index is 1.29. The quantitative estimate of drug-likeness (QED) is 0.428. The van der Waals surface area contributed by atoms with Crippen molar-refractivity contribution in [3.8, 4) is 11.1 Å². The molecule has 35 heavy (non-hydrogen) atoms. The number of nitrogens with one attached hydrogen (secondary N) is 1. The SMILES string of the molecule is CC1(C)c2cc(NC3=CCCC=C3)ccc2-c2ccc(N3c4ccccc4C4C=CC=CC43)cc21. The van der Waals surface area contributed by atoms with E-state index in [-0.39, 0.29) is 5.41 Å². The number of benzene rings is 3. The van der Waals surface area contributed by atoms with Crippen LogP contribution >= 0.6 is 0 Å². The van der Waals surface area contributed by atoms with Crippen LogP contribution in [0.5, 0.6) is 0 Å². The summed E-state index contributed by atoms with van der Waals surface area (Å²) in [7, 11) is 0. The maximum atomic E-state index is 3.63. The van der Waals surface area contributed by atoms with Crippen molar-refractivity contribution in [1.29, 1.82) is 0 Å². The van der Waals surface area contributed by atoms with Crippen LogP contribution in [0, 0.1) is 0 Å². The van der Waals surface area contributed by atoms with Crippen molar-refractivity contribution >= 4 is 17.1 Å². The summed E-state index contributed by atoms with van der Waals surface area (Å²) in [6.45, 7) is 4.74. The summed E-state index contributed by atoms with van der Waals surface area (Å²) >= 11 is 0. The van der Waals surface area contributed by atoms with Gasteiger partial charge in [-0.15, -0.1) is 0 Å². The standard InChI is InChI=1S/C33H30N2/c1-33(2)29-20-23(34-22-10-4-3-5-11-22)16-18-25(29)26-19-17-24(21-30(26)33)35-31-14-8-6-12-27(31)28-13-7-9-15-32(28)35/h4,6-21,27,31,34H,3,5H2,1-2H3. The van der Waals surface area contributed by atoms with E-state index in [1.54, 1.807) is 0 Å². The molecule has 172 valence electrons. The molecule has 2 atom stereocenters. The zero-order valence-corrected chi connectivity index (χ0v) is 20.3. The van der Waals surface area contributed by atoms with E-state index in [1.807, 2.05) is 0 Å². The molecule has 0 spiro atoms. The molecule has 4 aliphatic rings. The van der Waals surface area contributed by atoms with E-state index < -0.39 is 0 Å². The minimum absolute atomic E-state index is 0.0594. The molecule has 0 saturated carbocycles. The average molecular weight is 455 g/mol. The van der Waals surface area contributed by atoms with Gasteiger partial charge < -0.3 is 10.2 Å². The Labute approximate surface area is 208 Å². The molecule has 3 aromatic rings. The third-order valence-electron chi connectivity index (χ3n) is 8.18. The van der Waals surface area contributed by atoms with Gasteiger partial charge in [0.1, 0.15) is 0 Å². The summed E-state index contributed by atoms with van der Waals surface area (Å²) in [6, 6.07) is 23.2. The van der Waals surface area contributed by atoms with Gasteiger partial charge in [-0.1, -0.05) is 80.6 Å². The Bertz CT molecular complexity index is 1470. The molecule has 0 bridgehead atoms. The van der Waals surface area contributed by atoms with Gasteiger partial charge in [-0.05, 0) is 77.1 Å². The number of anilines is 3. The van der Waals surface area contributed by atoms with Crippen molar-refractivity contribution in [1.82, 2.24) is 0 Å². The fraction of sp³-hybridized carbons (Fsp3) is 0.212. The Kier molecular flexibility index (Phi) is 4.48.